The molecule has 1 fully saturated rings. The monoisotopic (exact) mass is 248 g/mol. The number of phenols is 1. The molecular formula is C14H20N2O2. The number of amides is 1. The molecule has 2 rings (SSSR count). The Bertz CT molecular complexity index is 408. The van der Waals surface area contributed by atoms with Crippen molar-refractivity contribution in [3.8, 4) is 5.75 Å². The molecule has 3 N–H and O–H groups in total. The average Bonchev–Trinajstić information content (AvgIpc) is 2.82. The second kappa shape index (κ2) is 5.40. The normalized spacial score (nSPS) is 22.9. The van der Waals surface area contributed by atoms with Crippen LogP contribution in [0.1, 0.15) is 26.2 Å². The molecule has 1 unspecified atom stereocenters. The van der Waals surface area contributed by atoms with E-state index >= 15 is 0 Å². The molecule has 1 heterocycles. The first kappa shape index (κ1) is 12.9. The van der Waals surface area contributed by atoms with Gasteiger partial charge in [0.2, 0.25) is 5.91 Å². The number of carbonyl (C=O) groups excluding carboxylic acids is 1. The third kappa shape index (κ3) is 2.64. The zero-order valence-corrected chi connectivity index (χ0v) is 10.7. The van der Waals surface area contributed by atoms with Crippen molar-refractivity contribution in [2.24, 2.45) is 5.41 Å². The number of benzene rings is 1. The molecule has 1 aromatic carbocycles. The smallest absolute Gasteiger partial charge is 0.231 e. The van der Waals surface area contributed by atoms with Gasteiger partial charge in [0.1, 0.15) is 5.75 Å². The van der Waals surface area contributed by atoms with Crippen LogP contribution in [0.15, 0.2) is 24.3 Å². The highest BCUT2D eigenvalue weighted by Gasteiger charge is 2.40. The van der Waals surface area contributed by atoms with Gasteiger partial charge in [-0.25, -0.2) is 0 Å². The van der Waals surface area contributed by atoms with Crippen LogP contribution in [0.25, 0.3) is 0 Å². The number of phenolic OH excluding ortho intramolecular Hbond substituents is 1. The van der Waals surface area contributed by atoms with Gasteiger partial charge in [-0.2, -0.15) is 0 Å². The van der Waals surface area contributed by atoms with Gasteiger partial charge in [0, 0.05) is 12.2 Å². The third-order valence-corrected chi connectivity index (χ3v) is 3.58. The van der Waals surface area contributed by atoms with E-state index in [1.807, 2.05) is 0 Å². The van der Waals surface area contributed by atoms with Crippen LogP contribution in [-0.2, 0) is 4.79 Å². The first-order chi connectivity index (χ1) is 8.66. The predicted molar refractivity (Wildman–Crippen MR) is 71.6 cm³/mol. The standard InChI is InChI=1S/C14H20N2O2/c1-2-7-14(8-9-15-10-14)13(18)16-11-3-5-12(17)6-4-11/h3-6,15,17H,2,7-10H2,1H3,(H,16,18). The number of carbonyl (C=O) groups is 1. The zero-order valence-electron chi connectivity index (χ0n) is 10.7. The summed E-state index contributed by atoms with van der Waals surface area (Å²) in [6.07, 6.45) is 2.80. The highest BCUT2D eigenvalue weighted by atomic mass is 16.3. The SMILES string of the molecule is CCCC1(C(=O)Nc2ccc(O)cc2)CCNC1. The van der Waals surface area contributed by atoms with E-state index in [-0.39, 0.29) is 17.1 Å². The summed E-state index contributed by atoms with van der Waals surface area (Å²) < 4.78 is 0. The molecule has 1 aliphatic heterocycles. The molecule has 0 spiro atoms. The Morgan fingerprint density at radius 1 is 1.44 bits per heavy atom. The van der Waals surface area contributed by atoms with E-state index < -0.39 is 0 Å². The molecule has 0 aromatic heterocycles. The van der Waals surface area contributed by atoms with Gasteiger partial charge in [0.15, 0.2) is 0 Å². The topological polar surface area (TPSA) is 61.4 Å². The summed E-state index contributed by atoms with van der Waals surface area (Å²) >= 11 is 0. The molecule has 4 nitrogen and oxygen atoms in total. The van der Waals surface area contributed by atoms with Crippen molar-refractivity contribution in [1.29, 1.82) is 0 Å². The lowest BCUT2D eigenvalue weighted by atomic mass is 9.81. The van der Waals surface area contributed by atoms with Crippen LogP contribution >= 0.6 is 0 Å². The molecule has 0 radical (unpaired) electrons. The molecule has 98 valence electrons. The molecular weight excluding hydrogens is 228 g/mol. The molecule has 18 heavy (non-hydrogen) atoms. The van der Waals surface area contributed by atoms with E-state index in [1.54, 1.807) is 24.3 Å². The first-order valence-electron chi connectivity index (χ1n) is 6.47. The summed E-state index contributed by atoms with van der Waals surface area (Å²) in [5.74, 6) is 0.291. The third-order valence-electron chi connectivity index (χ3n) is 3.58. The van der Waals surface area contributed by atoms with E-state index in [4.69, 9.17) is 0 Å². The van der Waals surface area contributed by atoms with E-state index in [0.29, 0.717) is 0 Å². The van der Waals surface area contributed by atoms with Crippen molar-refractivity contribution in [3.05, 3.63) is 24.3 Å². The zero-order chi connectivity index (χ0) is 13.0. The summed E-state index contributed by atoms with van der Waals surface area (Å²) in [7, 11) is 0. The van der Waals surface area contributed by atoms with Gasteiger partial charge in [-0.05, 0) is 43.7 Å². The fourth-order valence-corrected chi connectivity index (χ4v) is 2.55. The number of hydrogen-bond acceptors (Lipinski definition) is 3. The quantitative estimate of drug-likeness (QED) is 0.715. The van der Waals surface area contributed by atoms with Gasteiger partial charge in [0.25, 0.3) is 0 Å². The minimum Gasteiger partial charge on any atom is -0.508 e. The second-order valence-electron chi connectivity index (χ2n) is 4.96. The largest absolute Gasteiger partial charge is 0.508 e. The lowest BCUT2D eigenvalue weighted by molar-refractivity contribution is -0.125. The van der Waals surface area contributed by atoms with E-state index in [1.165, 1.54) is 0 Å². The summed E-state index contributed by atoms with van der Waals surface area (Å²) in [5, 5.41) is 15.4. The average molecular weight is 248 g/mol. The predicted octanol–water partition coefficient (Wildman–Crippen LogP) is 2.11. The maximum Gasteiger partial charge on any atom is 0.231 e. The summed E-state index contributed by atoms with van der Waals surface area (Å²) in [4.78, 5) is 12.4. The highest BCUT2D eigenvalue weighted by molar-refractivity contribution is 5.95. The summed E-state index contributed by atoms with van der Waals surface area (Å²) in [6.45, 7) is 3.77. The van der Waals surface area contributed by atoms with Crippen LogP contribution in [0.3, 0.4) is 0 Å². The molecule has 4 heteroatoms. The van der Waals surface area contributed by atoms with Gasteiger partial charge < -0.3 is 15.7 Å². The summed E-state index contributed by atoms with van der Waals surface area (Å²) in [6, 6.07) is 6.59. The van der Waals surface area contributed by atoms with Crippen molar-refractivity contribution < 1.29 is 9.90 Å². The number of hydrogen-bond donors (Lipinski definition) is 3. The van der Waals surface area contributed by atoms with Gasteiger partial charge in [0.05, 0.1) is 5.41 Å². The molecule has 0 saturated carbocycles. The maximum atomic E-state index is 12.4. The minimum absolute atomic E-state index is 0.0834. The van der Waals surface area contributed by atoms with E-state index in [2.05, 4.69) is 17.6 Å². The minimum atomic E-state index is -0.271. The number of anilines is 1. The molecule has 1 aromatic rings. The fraction of sp³-hybridized carbons (Fsp3) is 0.500. The highest BCUT2D eigenvalue weighted by Crippen LogP contribution is 2.32. The van der Waals surface area contributed by atoms with Gasteiger partial charge in [-0.15, -0.1) is 0 Å². The Balaban J connectivity index is 2.07. The van der Waals surface area contributed by atoms with Gasteiger partial charge in [-0.3, -0.25) is 4.79 Å². The van der Waals surface area contributed by atoms with Crippen molar-refractivity contribution >= 4 is 11.6 Å². The lowest BCUT2D eigenvalue weighted by Crippen LogP contribution is -2.38. The first-order valence-corrected chi connectivity index (χ1v) is 6.47. The lowest BCUT2D eigenvalue weighted by Gasteiger charge is -2.26. The Hall–Kier alpha value is -1.55. The molecule has 1 atom stereocenters. The summed E-state index contributed by atoms with van der Waals surface area (Å²) in [5.41, 5.74) is 0.465. The molecule has 1 saturated heterocycles. The Kier molecular flexibility index (Phi) is 3.87. The number of nitrogens with one attached hydrogen (secondary N) is 2. The van der Waals surface area contributed by atoms with Crippen LogP contribution in [-0.4, -0.2) is 24.1 Å². The molecule has 0 bridgehead atoms. The fourth-order valence-electron chi connectivity index (χ4n) is 2.55. The molecule has 0 aliphatic carbocycles. The Labute approximate surface area is 107 Å². The van der Waals surface area contributed by atoms with Crippen LogP contribution in [0, 0.1) is 5.41 Å². The van der Waals surface area contributed by atoms with Gasteiger partial charge in [-0.1, -0.05) is 13.3 Å². The van der Waals surface area contributed by atoms with Crippen LogP contribution in [0.2, 0.25) is 0 Å². The van der Waals surface area contributed by atoms with Crippen molar-refractivity contribution in [1.82, 2.24) is 5.32 Å². The van der Waals surface area contributed by atoms with Crippen molar-refractivity contribution in [2.75, 3.05) is 18.4 Å². The number of rotatable bonds is 4. The van der Waals surface area contributed by atoms with Gasteiger partial charge >= 0.3 is 0 Å². The second-order valence-corrected chi connectivity index (χ2v) is 4.96. The van der Waals surface area contributed by atoms with Crippen LogP contribution in [0.4, 0.5) is 5.69 Å². The van der Waals surface area contributed by atoms with Crippen LogP contribution in [0.5, 0.6) is 5.75 Å². The Morgan fingerprint density at radius 3 is 2.72 bits per heavy atom. The molecule has 1 aliphatic rings. The van der Waals surface area contributed by atoms with E-state index in [0.717, 1.165) is 38.0 Å². The van der Waals surface area contributed by atoms with E-state index in [9.17, 15) is 9.90 Å². The number of aromatic hydroxyl groups is 1. The van der Waals surface area contributed by atoms with Crippen molar-refractivity contribution in [3.63, 3.8) is 0 Å². The Morgan fingerprint density at radius 2 is 2.17 bits per heavy atom. The van der Waals surface area contributed by atoms with Crippen LogP contribution < -0.4 is 10.6 Å². The van der Waals surface area contributed by atoms with Crippen molar-refractivity contribution in [2.45, 2.75) is 26.2 Å². The maximum absolute atomic E-state index is 12.4. The molecule has 1 amide bonds.